The Labute approximate surface area is 174 Å². The van der Waals surface area contributed by atoms with Crippen molar-refractivity contribution in [1.29, 1.82) is 0 Å². The molecule has 2 rings (SSSR count). The van der Waals surface area contributed by atoms with Crippen molar-refractivity contribution in [2.24, 2.45) is 0 Å². The largest absolute Gasteiger partial charge is 0.490 e. The molecule has 0 saturated heterocycles. The summed E-state index contributed by atoms with van der Waals surface area (Å²) in [5, 5.41) is 0. The van der Waals surface area contributed by atoms with Gasteiger partial charge in [0.1, 0.15) is 11.5 Å². The topological polar surface area (TPSA) is 76.7 Å². The summed E-state index contributed by atoms with van der Waals surface area (Å²) in [6.07, 6.45) is 0.0228. The molecule has 0 radical (unpaired) electrons. The molecule has 0 aliphatic rings. The van der Waals surface area contributed by atoms with E-state index in [9.17, 15) is 9.59 Å². The van der Waals surface area contributed by atoms with Gasteiger partial charge in [-0.05, 0) is 78.7 Å². The summed E-state index contributed by atoms with van der Waals surface area (Å²) in [7, 11) is 0. The van der Waals surface area contributed by atoms with Crippen molar-refractivity contribution >= 4 is 43.7 Å². The molecule has 0 atom stereocenters. The minimum atomic E-state index is -0.468. The monoisotopic (exact) mass is 498 g/mol. The van der Waals surface area contributed by atoms with E-state index < -0.39 is 11.8 Å². The zero-order valence-corrected chi connectivity index (χ0v) is 18.3. The number of amides is 2. The fraction of sp³-hybridized carbons (Fsp3) is 0.263. The Balaban J connectivity index is 1.85. The molecule has 2 aromatic rings. The molecule has 144 valence electrons. The zero-order valence-electron chi connectivity index (χ0n) is 15.1. The molecule has 2 amide bonds. The highest BCUT2D eigenvalue weighted by Gasteiger charge is 2.12. The standard InChI is InChI=1S/C19H20Br2N2O4/c1-11(2)27-17-6-4-13(9-15(17)21)19(25)23-22-18(24)10-26-16-7-5-14(20)8-12(16)3/h4-9,11H,10H2,1-3H3,(H,22,24)(H,23,25). The number of carbonyl (C=O) groups excluding carboxylic acids is 2. The van der Waals surface area contributed by atoms with Gasteiger partial charge in [-0.15, -0.1) is 0 Å². The number of hydrazine groups is 1. The maximum absolute atomic E-state index is 12.2. The summed E-state index contributed by atoms with van der Waals surface area (Å²) < 4.78 is 12.6. The summed E-state index contributed by atoms with van der Waals surface area (Å²) in [6.45, 7) is 5.50. The second kappa shape index (κ2) is 9.75. The molecule has 2 N–H and O–H groups in total. The van der Waals surface area contributed by atoms with Gasteiger partial charge in [0.15, 0.2) is 6.61 Å². The molecule has 2 aromatic carbocycles. The average Bonchev–Trinajstić information content (AvgIpc) is 2.60. The summed E-state index contributed by atoms with van der Waals surface area (Å²) >= 11 is 6.74. The van der Waals surface area contributed by atoms with Crippen molar-refractivity contribution in [3.8, 4) is 11.5 Å². The van der Waals surface area contributed by atoms with Gasteiger partial charge in [0.05, 0.1) is 10.6 Å². The molecule has 0 heterocycles. The number of hydrogen-bond acceptors (Lipinski definition) is 4. The lowest BCUT2D eigenvalue weighted by Crippen LogP contribution is -2.43. The van der Waals surface area contributed by atoms with Crippen LogP contribution in [0.25, 0.3) is 0 Å². The highest BCUT2D eigenvalue weighted by Crippen LogP contribution is 2.27. The molecule has 6 nitrogen and oxygen atoms in total. The second-order valence-electron chi connectivity index (χ2n) is 6.01. The molecule has 8 heteroatoms. The fourth-order valence-corrected chi connectivity index (χ4v) is 3.09. The van der Waals surface area contributed by atoms with Crippen molar-refractivity contribution < 1.29 is 19.1 Å². The van der Waals surface area contributed by atoms with Gasteiger partial charge < -0.3 is 9.47 Å². The molecule has 0 fully saturated rings. The summed E-state index contributed by atoms with van der Waals surface area (Å²) in [4.78, 5) is 24.1. The van der Waals surface area contributed by atoms with Gasteiger partial charge in [-0.3, -0.25) is 20.4 Å². The van der Waals surface area contributed by atoms with Crippen molar-refractivity contribution in [2.45, 2.75) is 26.9 Å². The van der Waals surface area contributed by atoms with E-state index in [1.807, 2.05) is 32.9 Å². The Morgan fingerprint density at radius 2 is 1.74 bits per heavy atom. The normalized spacial score (nSPS) is 10.4. The Kier molecular flexibility index (Phi) is 7.67. The van der Waals surface area contributed by atoms with Gasteiger partial charge in [0.2, 0.25) is 0 Å². The first-order valence-electron chi connectivity index (χ1n) is 8.20. The lowest BCUT2D eigenvalue weighted by atomic mass is 10.2. The molecule has 0 aliphatic heterocycles. The van der Waals surface area contributed by atoms with Crippen LogP contribution in [0.15, 0.2) is 45.3 Å². The molecule has 0 unspecified atom stereocenters. The van der Waals surface area contributed by atoms with Crippen LogP contribution in [0.1, 0.15) is 29.8 Å². The van der Waals surface area contributed by atoms with Gasteiger partial charge in [0.25, 0.3) is 11.8 Å². The van der Waals surface area contributed by atoms with E-state index in [-0.39, 0.29) is 12.7 Å². The number of hydrogen-bond donors (Lipinski definition) is 2. The third-order valence-corrected chi connectivity index (χ3v) is 4.48. The van der Waals surface area contributed by atoms with Crippen molar-refractivity contribution in [3.05, 3.63) is 56.5 Å². The second-order valence-corrected chi connectivity index (χ2v) is 7.78. The maximum atomic E-state index is 12.2. The summed E-state index contributed by atoms with van der Waals surface area (Å²) in [5.74, 6) is 0.331. The molecule has 27 heavy (non-hydrogen) atoms. The van der Waals surface area contributed by atoms with Crippen LogP contribution in [0, 0.1) is 6.92 Å². The first-order chi connectivity index (χ1) is 12.8. The Morgan fingerprint density at radius 3 is 2.37 bits per heavy atom. The van der Waals surface area contributed by atoms with E-state index in [0.29, 0.717) is 21.5 Å². The number of aryl methyl sites for hydroxylation is 1. The van der Waals surface area contributed by atoms with Gasteiger partial charge in [0, 0.05) is 10.0 Å². The number of benzene rings is 2. The van der Waals surface area contributed by atoms with Crippen LogP contribution in [-0.4, -0.2) is 24.5 Å². The van der Waals surface area contributed by atoms with Crippen molar-refractivity contribution in [3.63, 3.8) is 0 Å². The quantitative estimate of drug-likeness (QED) is 0.585. The Morgan fingerprint density at radius 1 is 1.04 bits per heavy atom. The van der Waals surface area contributed by atoms with E-state index in [1.54, 1.807) is 24.3 Å². The van der Waals surface area contributed by atoms with Crippen LogP contribution in [-0.2, 0) is 4.79 Å². The van der Waals surface area contributed by atoms with Crippen LogP contribution in [0.4, 0.5) is 0 Å². The van der Waals surface area contributed by atoms with Crippen LogP contribution < -0.4 is 20.3 Å². The van der Waals surface area contributed by atoms with E-state index >= 15 is 0 Å². The van der Waals surface area contributed by atoms with Crippen LogP contribution >= 0.6 is 31.9 Å². The predicted octanol–water partition coefficient (Wildman–Crippen LogP) is 4.15. The van der Waals surface area contributed by atoms with E-state index in [0.717, 1.165) is 10.0 Å². The highest BCUT2D eigenvalue weighted by atomic mass is 79.9. The highest BCUT2D eigenvalue weighted by molar-refractivity contribution is 9.10. The van der Waals surface area contributed by atoms with Gasteiger partial charge >= 0.3 is 0 Å². The maximum Gasteiger partial charge on any atom is 0.276 e. The minimum Gasteiger partial charge on any atom is -0.490 e. The average molecular weight is 500 g/mol. The van der Waals surface area contributed by atoms with Gasteiger partial charge in [-0.25, -0.2) is 0 Å². The molecular weight excluding hydrogens is 480 g/mol. The fourth-order valence-electron chi connectivity index (χ4n) is 2.14. The van der Waals surface area contributed by atoms with Crippen LogP contribution in [0.5, 0.6) is 11.5 Å². The Hall–Kier alpha value is -2.06. The molecule has 0 aromatic heterocycles. The molecule has 0 aliphatic carbocycles. The number of ether oxygens (including phenoxy) is 2. The Bertz CT molecular complexity index is 840. The summed E-state index contributed by atoms with van der Waals surface area (Å²) in [5.41, 5.74) is 5.96. The zero-order chi connectivity index (χ0) is 20.0. The lowest BCUT2D eigenvalue weighted by molar-refractivity contribution is -0.123. The predicted molar refractivity (Wildman–Crippen MR) is 110 cm³/mol. The third kappa shape index (κ3) is 6.55. The van der Waals surface area contributed by atoms with Crippen LogP contribution in [0.2, 0.25) is 0 Å². The smallest absolute Gasteiger partial charge is 0.276 e. The molecule has 0 spiro atoms. The van der Waals surface area contributed by atoms with Crippen molar-refractivity contribution in [2.75, 3.05) is 6.61 Å². The molecule has 0 bridgehead atoms. The molecular formula is C19H20Br2N2O4. The number of nitrogens with one attached hydrogen (secondary N) is 2. The number of carbonyl (C=O) groups is 2. The van der Waals surface area contributed by atoms with E-state index in [2.05, 4.69) is 42.7 Å². The van der Waals surface area contributed by atoms with Crippen molar-refractivity contribution in [1.82, 2.24) is 10.9 Å². The van der Waals surface area contributed by atoms with E-state index in [4.69, 9.17) is 9.47 Å². The number of rotatable bonds is 6. The SMILES string of the molecule is Cc1cc(Br)ccc1OCC(=O)NNC(=O)c1ccc(OC(C)C)c(Br)c1. The van der Waals surface area contributed by atoms with Crippen LogP contribution in [0.3, 0.4) is 0 Å². The van der Waals surface area contributed by atoms with Gasteiger partial charge in [-0.2, -0.15) is 0 Å². The van der Waals surface area contributed by atoms with Gasteiger partial charge in [-0.1, -0.05) is 15.9 Å². The summed E-state index contributed by atoms with van der Waals surface area (Å²) in [6, 6.07) is 10.4. The molecule has 0 saturated carbocycles. The first-order valence-corrected chi connectivity index (χ1v) is 9.79. The number of halogens is 2. The minimum absolute atomic E-state index is 0.0228. The lowest BCUT2D eigenvalue weighted by Gasteiger charge is -2.13. The third-order valence-electron chi connectivity index (χ3n) is 3.37. The first kappa shape index (κ1) is 21.2. The van der Waals surface area contributed by atoms with E-state index in [1.165, 1.54) is 0 Å².